The van der Waals surface area contributed by atoms with Gasteiger partial charge in [0, 0.05) is 13.5 Å². The Morgan fingerprint density at radius 3 is 2.24 bits per heavy atom. The van der Waals surface area contributed by atoms with E-state index in [1.807, 2.05) is 0 Å². The molecule has 2 rings (SSSR count). The Morgan fingerprint density at radius 2 is 1.71 bits per heavy atom. The molecule has 1 heterocycles. The van der Waals surface area contributed by atoms with Gasteiger partial charge in [-0.25, -0.2) is 0 Å². The summed E-state index contributed by atoms with van der Waals surface area (Å²) < 4.78 is 62.1. The third-order valence-corrected chi connectivity index (χ3v) is 4.28. The van der Waals surface area contributed by atoms with Crippen molar-refractivity contribution in [3.8, 4) is 0 Å². The van der Waals surface area contributed by atoms with Crippen molar-refractivity contribution in [1.29, 1.82) is 0 Å². The first-order valence-corrected chi connectivity index (χ1v) is 6.20. The zero-order valence-corrected chi connectivity index (χ0v) is 9.66. The molecule has 0 bridgehead atoms. The van der Waals surface area contributed by atoms with Gasteiger partial charge in [-0.15, -0.1) is 0 Å². The standard InChI is InChI=1S/C8H9BF3N2O2S/c1-13-7-4-2-3-5-8(7)14(17(13,15)16)6-9(10,11)12/h2-5H,6H2,1H3/q-1. The monoisotopic (exact) mass is 265 g/mol. The number of fused-ring (bicyclic) bond motifs is 1. The van der Waals surface area contributed by atoms with Gasteiger partial charge in [0.1, 0.15) is 0 Å². The molecule has 0 spiro atoms. The van der Waals surface area contributed by atoms with Crippen LogP contribution in [0.1, 0.15) is 0 Å². The first-order valence-electron chi connectivity index (χ1n) is 4.80. The van der Waals surface area contributed by atoms with Gasteiger partial charge in [-0.05, 0) is 12.1 Å². The van der Waals surface area contributed by atoms with Gasteiger partial charge in [-0.3, -0.25) is 8.61 Å². The van der Waals surface area contributed by atoms with Crippen LogP contribution < -0.4 is 8.61 Å². The molecule has 1 aliphatic heterocycles. The molecule has 0 saturated carbocycles. The van der Waals surface area contributed by atoms with Gasteiger partial charge in [0.25, 0.3) is 0 Å². The first kappa shape index (κ1) is 12.1. The molecule has 4 nitrogen and oxygen atoms in total. The van der Waals surface area contributed by atoms with Crippen molar-refractivity contribution in [1.82, 2.24) is 0 Å². The Kier molecular flexibility index (Phi) is 2.53. The number of para-hydroxylation sites is 2. The van der Waals surface area contributed by atoms with Gasteiger partial charge in [0.15, 0.2) is 0 Å². The van der Waals surface area contributed by atoms with E-state index in [4.69, 9.17) is 0 Å². The molecule has 0 atom stereocenters. The maximum atomic E-state index is 12.4. The lowest BCUT2D eigenvalue weighted by molar-refractivity contribution is 0.471. The third-order valence-electron chi connectivity index (χ3n) is 2.49. The molecule has 1 aromatic rings. The number of hydrogen-bond donors (Lipinski definition) is 0. The van der Waals surface area contributed by atoms with Crippen molar-refractivity contribution >= 4 is 28.6 Å². The molecule has 17 heavy (non-hydrogen) atoms. The van der Waals surface area contributed by atoms with E-state index >= 15 is 0 Å². The van der Waals surface area contributed by atoms with Crippen LogP contribution in [0.15, 0.2) is 24.3 Å². The second kappa shape index (κ2) is 3.56. The van der Waals surface area contributed by atoms with Gasteiger partial charge in [0.2, 0.25) is 0 Å². The van der Waals surface area contributed by atoms with E-state index in [1.165, 1.54) is 25.2 Å². The van der Waals surface area contributed by atoms with Crippen molar-refractivity contribution in [3.63, 3.8) is 0 Å². The molecule has 94 valence electrons. The first-order chi connectivity index (χ1) is 7.73. The fourth-order valence-electron chi connectivity index (χ4n) is 1.72. The van der Waals surface area contributed by atoms with Crippen LogP contribution in [0.25, 0.3) is 0 Å². The maximum absolute atomic E-state index is 12.4. The number of benzene rings is 1. The smallest absolute Gasteiger partial charge is 0.448 e. The quantitative estimate of drug-likeness (QED) is 0.761. The predicted molar refractivity (Wildman–Crippen MR) is 60.2 cm³/mol. The minimum Gasteiger partial charge on any atom is -0.448 e. The van der Waals surface area contributed by atoms with E-state index in [-0.39, 0.29) is 11.4 Å². The fraction of sp³-hybridized carbons (Fsp3) is 0.250. The average molecular weight is 265 g/mol. The summed E-state index contributed by atoms with van der Waals surface area (Å²) >= 11 is 0. The number of rotatable bonds is 2. The zero-order chi connectivity index (χ0) is 12.8. The van der Waals surface area contributed by atoms with Crippen molar-refractivity contribution in [2.45, 2.75) is 0 Å². The van der Waals surface area contributed by atoms with E-state index in [9.17, 15) is 21.4 Å². The minimum atomic E-state index is -5.21. The van der Waals surface area contributed by atoms with Crippen molar-refractivity contribution in [2.75, 3.05) is 22.1 Å². The van der Waals surface area contributed by atoms with Gasteiger partial charge in [-0.2, -0.15) is 8.42 Å². The molecule has 0 amide bonds. The van der Waals surface area contributed by atoms with Gasteiger partial charge in [0.05, 0.1) is 11.4 Å². The third kappa shape index (κ3) is 1.94. The van der Waals surface area contributed by atoms with Crippen molar-refractivity contribution < 1.29 is 21.4 Å². The molecule has 1 aromatic carbocycles. The summed E-state index contributed by atoms with van der Waals surface area (Å²) in [5.41, 5.74) is 0.321. The van der Waals surface area contributed by atoms with E-state index in [0.717, 1.165) is 4.31 Å². The highest BCUT2D eigenvalue weighted by atomic mass is 32.2. The fourth-order valence-corrected chi connectivity index (χ4v) is 3.18. The van der Waals surface area contributed by atoms with Crippen LogP contribution in [-0.4, -0.2) is 28.9 Å². The summed E-state index contributed by atoms with van der Waals surface area (Å²) in [5, 5.41) is 0. The largest absolute Gasteiger partial charge is 0.498 e. The average Bonchev–Trinajstić information content (AvgIpc) is 2.39. The minimum absolute atomic E-state index is 0.0641. The highest BCUT2D eigenvalue weighted by molar-refractivity contribution is 7.94. The summed E-state index contributed by atoms with van der Waals surface area (Å²) in [5.74, 6) is 0. The highest BCUT2D eigenvalue weighted by Gasteiger charge is 2.41. The van der Waals surface area contributed by atoms with Crippen LogP contribution in [0.5, 0.6) is 0 Å². The van der Waals surface area contributed by atoms with Gasteiger partial charge >= 0.3 is 17.2 Å². The summed E-state index contributed by atoms with van der Waals surface area (Å²) in [4.78, 5) is 0. The van der Waals surface area contributed by atoms with Crippen LogP contribution in [0, 0.1) is 0 Å². The lowest BCUT2D eigenvalue weighted by Crippen LogP contribution is -2.43. The second-order valence-electron chi connectivity index (χ2n) is 3.71. The Labute approximate surface area is 96.9 Å². The molecular weight excluding hydrogens is 256 g/mol. The summed E-state index contributed by atoms with van der Waals surface area (Å²) in [6, 6.07) is 5.91. The van der Waals surface area contributed by atoms with E-state index in [1.54, 1.807) is 6.07 Å². The molecule has 0 aromatic heterocycles. The summed E-state index contributed by atoms with van der Waals surface area (Å²) in [6.07, 6.45) is -1.45. The number of halogens is 3. The van der Waals surface area contributed by atoms with E-state index in [0.29, 0.717) is 4.31 Å². The normalized spacial score (nSPS) is 18.4. The molecule has 0 aliphatic carbocycles. The van der Waals surface area contributed by atoms with Crippen molar-refractivity contribution in [3.05, 3.63) is 24.3 Å². The Hall–Kier alpha value is -1.38. The van der Waals surface area contributed by atoms with Gasteiger partial charge in [-0.1, -0.05) is 12.1 Å². The zero-order valence-electron chi connectivity index (χ0n) is 8.85. The lowest BCUT2D eigenvalue weighted by atomic mass is 9.92. The molecule has 1 aliphatic rings. The number of nitrogens with zero attached hydrogens (tertiary/aromatic N) is 2. The second-order valence-corrected chi connectivity index (χ2v) is 5.59. The molecule has 0 radical (unpaired) electrons. The molecule has 0 N–H and O–H groups in total. The van der Waals surface area contributed by atoms with Crippen LogP contribution in [-0.2, 0) is 10.2 Å². The molecule has 0 saturated heterocycles. The lowest BCUT2D eigenvalue weighted by Gasteiger charge is -2.24. The summed E-state index contributed by atoms with van der Waals surface area (Å²) in [7, 11) is -2.86. The topological polar surface area (TPSA) is 40.6 Å². The van der Waals surface area contributed by atoms with E-state index in [2.05, 4.69) is 0 Å². The number of anilines is 2. The predicted octanol–water partition coefficient (Wildman–Crippen LogP) is 1.57. The SMILES string of the molecule is CN1c2ccccc2N(C[B-](F)(F)F)S1(=O)=O. The molecule has 9 heteroatoms. The van der Waals surface area contributed by atoms with E-state index < -0.39 is 23.6 Å². The highest BCUT2D eigenvalue weighted by Crippen LogP contribution is 2.40. The Morgan fingerprint density at radius 1 is 1.18 bits per heavy atom. The molecule has 0 unspecified atom stereocenters. The Balaban J connectivity index is 2.52. The Bertz CT molecular complexity index is 546. The van der Waals surface area contributed by atoms with Crippen LogP contribution in [0.4, 0.5) is 24.3 Å². The van der Waals surface area contributed by atoms with Crippen molar-refractivity contribution in [2.24, 2.45) is 0 Å². The van der Waals surface area contributed by atoms with Crippen LogP contribution in [0.3, 0.4) is 0 Å². The molecular formula is C8H9BF3N2O2S-. The maximum Gasteiger partial charge on any atom is 0.498 e. The van der Waals surface area contributed by atoms with Crippen LogP contribution in [0.2, 0.25) is 0 Å². The summed E-state index contributed by atoms with van der Waals surface area (Å²) in [6.45, 7) is -5.21. The molecule has 0 fully saturated rings. The number of hydrogen-bond acceptors (Lipinski definition) is 2. The van der Waals surface area contributed by atoms with Gasteiger partial charge < -0.3 is 12.9 Å². The van der Waals surface area contributed by atoms with Crippen LogP contribution >= 0.6 is 0 Å².